The van der Waals surface area contributed by atoms with Crippen molar-refractivity contribution in [2.75, 3.05) is 17.7 Å². The van der Waals surface area contributed by atoms with Crippen molar-refractivity contribution in [1.29, 1.82) is 0 Å². The van der Waals surface area contributed by atoms with Crippen molar-refractivity contribution in [3.05, 3.63) is 23.2 Å². The van der Waals surface area contributed by atoms with E-state index in [4.69, 9.17) is 29.6 Å². The highest BCUT2D eigenvalue weighted by atomic mass is 35.5. The van der Waals surface area contributed by atoms with Gasteiger partial charge in [0.2, 0.25) is 0 Å². The van der Waals surface area contributed by atoms with E-state index in [0.29, 0.717) is 5.02 Å². The molecule has 5 heteroatoms. The van der Waals surface area contributed by atoms with Crippen LogP contribution in [-0.4, -0.2) is 12.2 Å². The first-order chi connectivity index (χ1) is 6.13. The summed E-state index contributed by atoms with van der Waals surface area (Å²) in [6.07, 6.45) is 0. The van der Waals surface area contributed by atoms with Crippen LogP contribution >= 0.6 is 23.8 Å². The molecule has 1 aromatic carbocycles. The molecule has 0 saturated heterocycles. The summed E-state index contributed by atoms with van der Waals surface area (Å²) in [6.45, 7) is 0. The highest BCUT2D eigenvalue weighted by Crippen LogP contribution is 2.24. The van der Waals surface area contributed by atoms with Crippen LogP contribution in [0.3, 0.4) is 0 Å². The van der Waals surface area contributed by atoms with Gasteiger partial charge in [-0.25, -0.2) is 0 Å². The number of nitrogens with two attached hydrogens (primary N) is 1. The average Bonchev–Trinajstić information content (AvgIpc) is 2.07. The van der Waals surface area contributed by atoms with Crippen LogP contribution < -0.4 is 16.4 Å². The van der Waals surface area contributed by atoms with E-state index in [0.717, 1.165) is 11.4 Å². The van der Waals surface area contributed by atoms with Crippen LogP contribution in [0.4, 0.5) is 11.4 Å². The molecule has 1 rings (SSSR count). The Morgan fingerprint density at radius 2 is 2.15 bits per heavy atom. The van der Waals surface area contributed by atoms with E-state index in [1.165, 1.54) is 0 Å². The summed E-state index contributed by atoms with van der Waals surface area (Å²) in [4.78, 5) is 0. The second-order valence-electron chi connectivity index (χ2n) is 2.43. The first-order valence-electron chi connectivity index (χ1n) is 3.67. The molecule has 0 fully saturated rings. The molecular formula is C8H10ClN3S. The minimum Gasteiger partial charge on any atom is -0.386 e. The fraction of sp³-hybridized carbons (Fsp3) is 0.125. The van der Waals surface area contributed by atoms with Crippen LogP contribution in [0.5, 0.6) is 0 Å². The molecule has 4 N–H and O–H groups in total. The number of thiocarbonyl (C=S) groups is 1. The number of hydrogen-bond acceptors (Lipinski definition) is 2. The van der Waals surface area contributed by atoms with Crippen LogP contribution in [-0.2, 0) is 0 Å². The lowest BCUT2D eigenvalue weighted by atomic mass is 10.2. The van der Waals surface area contributed by atoms with Gasteiger partial charge in [-0.1, -0.05) is 11.6 Å². The lowest BCUT2D eigenvalue weighted by Crippen LogP contribution is -2.19. The Balaban J connectivity index is 2.99. The van der Waals surface area contributed by atoms with Gasteiger partial charge in [0.1, 0.15) is 0 Å². The summed E-state index contributed by atoms with van der Waals surface area (Å²) in [6, 6.07) is 5.37. The molecule has 1 aromatic rings. The maximum Gasteiger partial charge on any atom is 0.168 e. The van der Waals surface area contributed by atoms with E-state index in [1.807, 2.05) is 6.07 Å². The third-order valence-electron chi connectivity index (χ3n) is 1.51. The molecule has 0 aliphatic rings. The molecule has 13 heavy (non-hydrogen) atoms. The lowest BCUT2D eigenvalue weighted by molar-refractivity contribution is 1.49. The minimum atomic E-state index is 0.235. The summed E-state index contributed by atoms with van der Waals surface area (Å²) >= 11 is 10.5. The van der Waals surface area contributed by atoms with E-state index < -0.39 is 0 Å². The normalized spacial score (nSPS) is 9.38. The van der Waals surface area contributed by atoms with Crippen molar-refractivity contribution in [1.82, 2.24) is 0 Å². The SMILES string of the molecule is CNc1cc(Cl)ccc1NC(N)=S. The molecule has 0 unspecified atom stereocenters. The quantitative estimate of drug-likeness (QED) is 0.661. The highest BCUT2D eigenvalue weighted by molar-refractivity contribution is 7.80. The number of nitrogens with one attached hydrogen (secondary N) is 2. The Morgan fingerprint density at radius 1 is 1.46 bits per heavy atom. The summed E-state index contributed by atoms with van der Waals surface area (Å²) < 4.78 is 0. The molecule has 0 atom stereocenters. The molecule has 0 radical (unpaired) electrons. The lowest BCUT2D eigenvalue weighted by Gasteiger charge is -2.10. The third kappa shape index (κ3) is 2.75. The van der Waals surface area contributed by atoms with Crippen LogP contribution in [0, 0.1) is 0 Å². The molecule has 0 aliphatic carbocycles. The molecule has 0 bridgehead atoms. The molecule has 0 heterocycles. The van der Waals surface area contributed by atoms with Crippen molar-refractivity contribution in [3.8, 4) is 0 Å². The van der Waals surface area contributed by atoms with Crippen LogP contribution in [0.15, 0.2) is 18.2 Å². The van der Waals surface area contributed by atoms with Gasteiger partial charge >= 0.3 is 0 Å². The number of halogens is 1. The van der Waals surface area contributed by atoms with Gasteiger partial charge in [-0.15, -0.1) is 0 Å². The van der Waals surface area contributed by atoms with Gasteiger partial charge in [0.05, 0.1) is 11.4 Å². The number of hydrogen-bond donors (Lipinski definition) is 3. The Kier molecular flexibility index (Phi) is 3.33. The molecule has 0 saturated carbocycles. The molecule has 3 nitrogen and oxygen atoms in total. The minimum absolute atomic E-state index is 0.235. The molecule has 0 amide bonds. The standard InChI is InChI=1S/C8H10ClN3S/c1-11-7-4-5(9)2-3-6(7)12-8(10)13/h2-4,11H,1H3,(H3,10,12,13). The van der Waals surface area contributed by atoms with Crippen molar-refractivity contribution in [3.63, 3.8) is 0 Å². The van der Waals surface area contributed by atoms with Crippen LogP contribution in [0.25, 0.3) is 0 Å². The number of rotatable bonds is 2. The molecular weight excluding hydrogens is 206 g/mol. The first-order valence-corrected chi connectivity index (χ1v) is 4.46. The number of benzene rings is 1. The van der Waals surface area contributed by atoms with Crippen molar-refractivity contribution < 1.29 is 0 Å². The number of anilines is 2. The topological polar surface area (TPSA) is 50.1 Å². The van der Waals surface area contributed by atoms with Gasteiger partial charge in [0, 0.05) is 12.1 Å². The van der Waals surface area contributed by atoms with Crippen molar-refractivity contribution >= 4 is 40.3 Å². The second kappa shape index (κ2) is 4.30. The van der Waals surface area contributed by atoms with Crippen molar-refractivity contribution in [2.45, 2.75) is 0 Å². The Bertz CT molecular complexity index is 327. The Morgan fingerprint density at radius 3 is 2.69 bits per heavy atom. The smallest absolute Gasteiger partial charge is 0.168 e. The zero-order valence-electron chi connectivity index (χ0n) is 7.10. The second-order valence-corrected chi connectivity index (χ2v) is 3.31. The zero-order chi connectivity index (χ0) is 9.84. The predicted octanol–water partition coefficient (Wildman–Crippen LogP) is 2.04. The van der Waals surface area contributed by atoms with Crippen LogP contribution in [0.1, 0.15) is 0 Å². The maximum atomic E-state index is 5.80. The first kappa shape index (κ1) is 10.1. The van der Waals surface area contributed by atoms with Gasteiger partial charge in [0.25, 0.3) is 0 Å². The fourth-order valence-electron chi connectivity index (χ4n) is 0.965. The third-order valence-corrected chi connectivity index (χ3v) is 1.85. The highest BCUT2D eigenvalue weighted by Gasteiger charge is 2.01. The predicted molar refractivity (Wildman–Crippen MR) is 61.4 cm³/mol. The van der Waals surface area contributed by atoms with E-state index in [2.05, 4.69) is 10.6 Å². The Labute approximate surface area is 87.3 Å². The molecule has 0 aromatic heterocycles. The Hall–Kier alpha value is -1.00. The monoisotopic (exact) mass is 215 g/mol. The van der Waals surface area contributed by atoms with Gasteiger partial charge in [-0.3, -0.25) is 0 Å². The summed E-state index contributed by atoms with van der Waals surface area (Å²) in [5, 5.41) is 6.72. The van der Waals surface area contributed by atoms with Gasteiger partial charge in [-0.2, -0.15) is 0 Å². The van der Waals surface area contributed by atoms with E-state index in [9.17, 15) is 0 Å². The van der Waals surface area contributed by atoms with Crippen LogP contribution in [0.2, 0.25) is 5.02 Å². The summed E-state index contributed by atoms with van der Waals surface area (Å²) in [5.74, 6) is 0. The molecule has 0 aliphatic heterocycles. The maximum absolute atomic E-state index is 5.80. The average molecular weight is 216 g/mol. The van der Waals surface area contributed by atoms with E-state index in [-0.39, 0.29) is 5.11 Å². The zero-order valence-corrected chi connectivity index (χ0v) is 8.67. The summed E-state index contributed by atoms with van der Waals surface area (Å²) in [5.41, 5.74) is 7.03. The summed E-state index contributed by atoms with van der Waals surface area (Å²) in [7, 11) is 1.80. The molecule has 70 valence electrons. The molecule has 0 spiro atoms. The van der Waals surface area contributed by atoms with Gasteiger partial charge in [-0.05, 0) is 30.4 Å². The van der Waals surface area contributed by atoms with Gasteiger partial charge in [0.15, 0.2) is 5.11 Å². The fourth-order valence-corrected chi connectivity index (χ4v) is 1.25. The van der Waals surface area contributed by atoms with E-state index >= 15 is 0 Å². The van der Waals surface area contributed by atoms with Crippen molar-refractivity contribution in [2.24, 2.45) is 5.73 Å². The largest absolute Gasteiger partial charge is 0.386 e. The van der Waals surface area contributed by atoms with E-state index in [1.54, 1.807) is 19.2 Å². The van der Waals surface area contributed by atoms with Gasteiger partial charge < -0.3 is 16.4 Å².